The molecule has 1 nitrogen and oxygen atoms in total. The first-order valence-corrected chi connectivity index (χ1v) is 5.84. The fraction of sp³-hybridized carbons (Fsp3) is 0.455. The van der Waals surface area contributed by atoms with E-state index in [4.69, 9.17) is 0 Å². The average molecular weight is 196 g/mol. The fourth-order valence-corrected chi connectivity index (χ4v) is 2.79. The van der Waals surface area contributed by atoms with Gasteiger partial charge in [-0.1, -0.05) is 24.6 Å². The molecule has 0 aliphatic carbocycles. The van der Waals surface area contributed by atoms with E-state index in [-0.39, 0.29) is 0 Å². The highest BCUT2D eigenvalue weighted by atomic mass is 32.2. The quantitative estimate of drug-likeness (QED) is 0.711. The summed E-state index contributed by atoms with van der Waals surface area (Å²) in [5, 5.41) is 0. The summed E-state index contributed by atoms with van der Waals surface area (Å²) in [5.41, 5.74) is 3.54. The third kappa shape index (κ3) is 2.19. The number of benzene rings is 1. The van der Waals surface area contributed by atoms with Gasteiger partial charge in [-0.15, -0.1) is 0 Å². The van der Waals surface area contributed by atoms with Gasteiger partial charge >= 0.3 is 0 Å². The molecule has 0 spiro atoms. The summed E-state index contributed by atoms with van der Waals surface area (Å²) in [5.74, 6) is 0.699. The molecule has 0 radical (unpaired) electrons. The molecule has 1 aromatic carbocycles. The van der Waals surface area contributed by atoms with Crippen LogP contribution in [0.3, 0.4) is 0 Å². The molecular formula is C11H16OS. The molecule has 0 saturated carbocycles. The van der Waals surface area contributed by atoms with Gasteiger partial charge in [-0.3, -0.25) is 4.21 Å². The Balaban J connectivity index is 3.28. The SMILES string of the molecule is CCS(=O)c1c(C)cc(C)cc1C. The molecule has 72 valence electrons. The maximum atomic E-state index is 11.7. The third-order valence-corrected chi connectivity index (χ3v) is 3.72. The second kappa shape index (κ2) is 4.05. The van der Waals surface area contributed by atoms with Crippen molar-refractivity contribution in [1.82, 2.24) is 0 Å². The van der Waals surface area contributed by atoms with Crippen molar-refractivity contribution < 1.29 is 4.21 Å². The Labute approximate surface area is 82.6 Å². The third-order valence-electron chi connectivity index (χ3n) is 2.09. The molecule has 1 aromatic rings. The van der Waals surface area contributed by atoms with E-state index in [1.54, 1.807) is 0 Å². The number of hydrogen-bond acceptors (Lipinski definition) is 1. The zero-order valence-electron chi connectivity index (χ0n) is 8.68. The van der Waals surface area contributed by atoms with E-state index < -0.39 is 10.8 Å². The van der Waals surface area contributed by atoms with E-state index in [2.05, 4.69) is 19.1 Å². The molecule has 0 heterocycles. The molecule has 0 amide bonds. The molecule has 0 aliphatic rings. The molecule has 0 aromatic heterocycles. The second-order valence-corrected chi connectivity index (χ2v) is 5.04. The van der Waals surface area contributed by atoms with Gasteiger partial charge in [0.25, 0.3) is 0 Å². The van der Waals surface area contributed by atoms with Crippen molar-refractivity contribution in [3.63, 3.8) is 0 Å². The van der Waals surface area contributed by atoms with E-state index in [1.807, 2.05) is 20.8 Å². The lowest BCUT2D eigenvalue weighted by atomic mass is 10.1. The Morgan fingerprint density at radius 1 is 1.15 bits per heavy atom. The Morgan fingerprint density at radius 3 is 2.00 bits per heavy atom. The van der Waals surface area contributed by atoms with Gasteiger partial charge in [0, 0.05) is 10.6 Å². The van der Waals surface area contributed by atoms with Crippen molar-refractivity contribution in [2.24, 2.45) is 0 Å². The smallest absolute Gasteiger partial charge is 0.0532 e. The fourth-order valence-electron chi connectivity index (χ4n) is 1.67. The van der Waals surface area contributed by atoms with Gasteiger partial charge in [0.05, 0.1) is 10.8 Å². The van der Waals surface area contributed by atoms with Gasteiger partial charge in [0.15, 0.2) is 0 Å². The predicted molar refractivity (Wildman–Crippen MR) is 57.6 cm³/mol. The lowest BCUT2D eigenvalue weighted by Gasteiger charge is -2.09. The second-order valence-electron chi connectivity index (χ2n) is 3.36. The number of hydrogen-bond donors (Lipinski definition) is 0. The van der Waals surface area contributed by atoms with Gasteiger partial charge in [-0.25, -0.2) is 0 Å². The summed E-state index contributed by atoms with van der Waals surface area (Å²) < 4.78 is 11.7. The van der Waals surface area contributed by atoms with Crippen LogP contribution in [0.2, 0.25) is 0 Å². The van der Waals surface area contributed by atoms with Crippen molar-refractivity contribution in [3.05, 3.63) is 28.8 Å². The molecule has 0 N–H and O–H groups in total. The minimum Gasteiger partial charge on any atom is -0.254 e. The van der Waals surface area contributed by atoms with Gasteiger partial charge in [0.1, 0.15) is 0 Å². The van der Waals surface area contributed by atoms with Crippen LogP contribution in [0.5, 0.6) is 0 Å². The van der Waals surface area contributed by atoms with Crippen LogP contribution in [-0.4, -0.2) is 9.96 Å². The standard InChI is InChI=1S/C11H16OS/c1-5-13(12)11-9(3)6-8(2)7-10(11)4/h6-7H,5H2,1-4H3. The molecule has 1 rings (SSSR count). The van der Waals surface area contributed by atoms with E-state index in [1.165, 1.54) is 5.56 Å². The van der Waals surface area contributed by atoms with Crippen LogP contribution in [0.4, 0.5) is 0 Å². The van der Waals surface area contributed by atoms with E-state index in [9.17, 15) is 4.21 Å². The molecule has 0 aliphatic heterocycles. The number of rotatable bonds is 2. The summed E-state index contributed by atoms with van der Waals surface area (Å²) in [6, 6.07) is 4.19. The van der Waals surface area contributed by atoms with Crippen LogP contribution in [0.1, 0.15) is 23.6 Å². The highest BCUT2D eigenvalue weighted by Crippen LogP contribution is 2.19. The van der Waals surface area contributed by atoms with Crippen LogP contribution in [-0.2, 0) is 10.8 Å². The van der Waals surface area contributed by atoms with Crippen LogP contribution in [0.15, 0.2) is 17.0 Å². The molecule has 0 bridgehead atoms. The average Bonchev–Trinajstić information content (AvgIpc) is 2.02. The summed E-state index contributed by atoms with van der Waals surface area (Å²) >= 11 is 0. The van der Waals surface area contributed by atoms with Crippen LogP contribution in [0, 0.1) is 20.8 Å². The van der Waals surface area contributed by atoms with Crippen molar-refractivity contribution in [3.8, 4) is 0 Å². The normalized spacial score (nSPS) is 12.9. The van der Waals surface area contributed by atoms with E-state index >= 15 is 0 Å². The first-order chi connectivity index (χ1) is 6.06. The monoisotopic (exact) mass is 196 g/mol. The Kier molecular flexibility index (Phi) is 3.26. The van der Waals surface area contributed by atoms with Crippen molar-refractivity contribution in [2.75, 3.05) is 5.75 Å². The van der Waals surface area contributed by atoms with Gasteiger partial charge in [-0.05, 0) is 31.9 Å². The minimum absolute atomic E-state index is 0.699. The minimum atomic E-state index is -0.822. The topological polar surface area (TPSA) is 17.1 Å². The highest BCUT2D eigenvalue weighted by Gasteiger charge is 2.08. The predicted octanol–water partition coefficient (Wildman–Crippen LogP) is 2.74. The van der Waals surface area contributed by atoms with E-state index in [0.29, 0.717) is 5.75 Å². The Bertz CT molecular complexity index is 319. The lowest BCUT2D eigenvalue weighted by Crippen LogP contribution is -2.00. The van der Waals surface area contributed by atoms with Crippen LogP contribution in [0.25, 0.3) is 0 Å². The largest absolute Gasteiger partial charge is 0.254 e. The Morgan fingerprint density at radius 2 is 1.62 bits per heavy atom. The number of aryl methyl sites for hydroxylation is 3. The van der Waals surface area contributed by atoms with Gasteiger partial charge in [-0.2, -0.15) is 0 Å². The zero-order valence-corrected chi connectivity index (χ0v) is 9.49. The van der Waals surface area contributed by atoms with Crippen LogP contribution < -0.4 is 0 Å². The Hall–Kier alpha value is -0.630. The van der Waals surface area contributed by atoms with Crippen molar-refractivity contribution in [2.45, 2.75) is 32.6 Å². The van der Waals surface area contributed by atoms with Crippen LogP contribution >= 0.6 is 0 Å². The summed E-state index contributed by atoms with van der Waals surface area (Å²) in [7, 11) is -0.822. The first kappa shape index (κ1) is 10.5. The maximum absolute atomic E-state index is 11.7. The van der Waals surface area contributed by atoms with E-state index in [0.717, 1.165) is 16.0 Å². The van der Waals surface area contributed by atoms with Gasteiger partial charge < -0.3 is 0 Å². The lowest BCUT2D eigenvalue weighted by molar-refractivity contribution is 0.683. The van der Waals surface area contributed by atoms with Crippen molar-refractivity contribution in [1.29, 1.82) is 0 Å². The zero-order chi connectivity index (χ0) is 10.0. The molecule has 0 saturated heterocycles. The molecule has 0 fully saturated rings. The summed E-state index contributed by atoms with van der Waals surface area (Å²) in [6.45, 7) is 8.08. The molecule has 1 unspecified atom stereocenters. The summed E-state index contributed by atoms with van der Waals surface area (Å²) in [4.78, 5) is 1.02. The molecule has 1 atom stereocenters. The highest BCUT2D eigenvalue weighted by molar-refractivity contribution is 7.85. The first-order valence-electron chi connectivity index (χ1n) is 4.52. The van der Waals surface area contributed by atoms with Gasteiger partial charge in [0.2, 0.25) is 0 Å². The molecule has 13 heavy (non-hydrogen) atoms. The van der Waals surface area contributed by atoms with Crippen molar-refractivity contribution >= 4 is 10.8 Å². The maximum Gasteiger partial charge on any atom is 0.0532 e. The molecule has 2 heteroatoms. The summed E-state index contributed by atoms with van der Waals surface area (Å²) in [6.07, 6.45) is 0. The molecular weight excluding hydrogens is 180 g/mol.